The van der Waals surface area contributed by atoms with E-state index >= 15 is 17.6 Å². The molecule has 0 radical (unpaired) electrons. The van der Waals surface area contributed by atoms with Gasteiger partial charge in [-0.15, -0.1) is 0 Å². The van der Waals surface area contributed by atoms with Gasteiger partial charge in [0.25, 0.3) is 0 Å². The van der Waals surface area contributed by atoms with Crippen LogP contribution in [0.15, 0.2) is 48.5 Å². The highest BCUT2D eigenvalue weighted by molar-refractivity contribution is 7.74. The lowest BCUT2D eigenvalue weighted by atomic mass is 9.85. The Labute approximate surface area is 298 Å². The summed E-state index contributed by atoms with van der Waals surface area (Å²) in [6.07, 6.45) is -19.3. The van der Waals surface area contributed by atoms with Crippen molar-refractivity contribution >= 4 is 18.5 Å². The van der Waals surface area contributed by atoms with E-state index in [1.54, 1.807) is 0 Å². The Hall–Kier alpha value is -3.30. The van der Waals surface area contributed by atoms with Crippen molar-refractivity contribution < 1.29 is 136 Å². The Morgan fingerprint density at radius 3 is 0.621 bits per heavy atom. The highest BCUT2D eigenvalue weighted by atomic mass is 31.1. The molecule has 0 aliphatic carbocycles. The maximum atomic E-state index is 15.5. The van der Waals surface area contributed by atoms with E-state index in [0.717, 1.165) is 0 Å². The first-order valence-corrected chi connectivity index (χ1v) is 14.8. The smallest absolute Gasteiger partial charge is 0.194 e. The highest BCUT2D eigenvalue weighted by Gasteiger charge is 2.99. The molecule has 0 heterocycles. The van der Waals surface area contributed by atoms with Gasteiger partial charge in [-0.1, -0.05) is 24.3 Å². The second-order valence-corrected chi connectivity index (χ2v) is 13.5. The van der Waals surface area contributed by atoms with Gasteiger partial charge in [0.2, 0.25) is 0 Å². The van der Waals surface area contributed by atoms with Crippen molar-refractivity contribution in [3.63, 3.8) is 0 Å². The molecule has 0 saturated heterocycles. The fourth-order valence-electron chi connectivity index (χ4n) is 4.16. The molecule has 0 unspecified atom stereocenters. The third-order valence-electron chi connectivity index (χ3n) is 7.47. The molecule has 334 valence electrons. The molecule has 0 saturated carbocycles. The van der Waals surface area contributed by atoms with E-state index in [1.165, 1.54) is 0 Å². The third kappa shape index (κ3) is 7.02. The first kappa shape index (κ1) is 50.8. The summed E-state index contributed by atoms with van der Waals surface area (Å²) in [6, 6.07) is -3.31. The van der Waals surface area contributed by atoms with Gasteiger partial charge in [-0.3, -0.25) is 0 Å². The Morgan fingerprint density at radius 1 is 0.241 bits per heavy atom. The first-order chi connectivity index (χ1) is 25.0. The zero-order chi connectivity index (χ0) is 46.5. The lowest BCUT2D eigenvalue weighted by molar-refractivity contribution is -0.480. The maximum Gasteiger partial charge on any atom is 0.460 e. The van der Waals surface area contributed by atoms with Gasteiger partial charge in [-0.05, 0) is 34.9 Å². The van der Waals surface area contributed by atoms with Crippen molar-refractivity contribution in [2.24, 2.45) is 0 Å². The fraction of sp³-hybridized carbons (Fsp3) is 0.538. The Balaban J connectivity index is 2.91. The number of rotatable bonds is 13. The van der Waals surface area contributed by atoms with Crippen LogP contribution in [0.3, 0.4) is 0 Å². The van der Waals surface area contributed by atoms with Gasteiger partial charge in [0.15, 0.2) is 0 Å². The van der Waals surface area contributed by atoms with Gasteiger partial charge in [-0.25, -0.2) is 0 Å². The van der Waals surface area contributed by atoms with Gasteiger partial charge in [0.05, 0.1) is 11.1 Å². The van der Waals surface area contributed by atoms with Crippen LogP contribution in [-0.2, 0) is 12.4 Å². The molecule has 0 aromatic heterocycles. The van der Waals surface area contributed by atoms with Crippen LogP contribution in [0.25, 0.3) is 0 Å². The van der Waals surface area contributed by atoms with E-state index in [0.29, 0.717) is 0 Å². The molecule has 0 aliphatic rings. The minimum Gasteiger partial charge on any atom is -0.194 e. The first-order valence-electron chi connectivity index (χ1n) is 13.4. The number of hydrogen-bond donors (Lipinski definition) is 0. The Morgan fingerprint density at radius 2 is 0.431 bits per heavy atom. The largest absolute Gasteiger partial charge is 0.460 e. The van der Waals surface area contributed by atoms with Crippen molar-refractivity contribution in [3.8, 4) is 0 Å². The van der Waals surface area contributed by atoms with E-state index in [-0.39, 0.29) is 0 Å². The molecule has 0 bridgehead atoms. The van der Waals surface area contributed by atoms with Crippen LogP contribution in [0.4, 0.5) is 136 Å². The number of halogens is 31. The molecule has 0 amide bonds. The standard InChI is InChI=1S/C26H8F31P/c27-13(28,29)9-1-5-11(6-2-9)58(12-7-3-10(4-8-12)14(30,31)32)26(56,57)24(51,52)22(47,48)20(43,44)18(39,40)16(35,36)15(33,34)17(37,38)19(41,42)21(45,46)23(49,50)25(53,54)55/h1-8H. The van der Waals surface area contributed by atoms with Crippen LogP contribution in [0.1, 0.15) is 11.1 Å². The summed E-state index contributed by atoms with van der Waals surface area (Å²) in [4.78, 5) is 0. The summed E-state index contributed by atoms with van der Waals surface area (Å²) in [5.74, 6) is -94.2. The molecule has 0 fully saturated rings. The predicted octanol–water partition coefficient (Wildman–Crippen LogP) is 12.7. The molecule has 2 aromatic carbocycles. The highest BCUT2D eigenvalue weighted by Crippen LogP contribution is 2.70. The molecule has 0 N–H and O–H groups in total. The monoisotopic (exact) mass is 940 g/mol. The minimum absolute atomic E-state index is 0.406. The van der Waals surface area contributed by atoms with Crippen LogP contribution in [0, 0.1) is 0 Å². The fourth-order valence-corrected chi connectivity index (χ4v) is 6.42. The molecule has 0 spiro atoms. The molecule has 0 atom stereocenters. The van der Waals surface area contributed by atoms with E-state index in [2.05, 4.69) is 0 Å². The van der Waals surface area contributed by atoms with Gasteiger partial charge >= 0.3 is 83.4 Å². The molecular weight excluding hydrogens is 932 g/mol. The van der Waals surface area contributed by atoms with E-state index in [9.17, 15) is 119 Å². The molecular formula is C26H8F31P. The van der Waals surface area contributed by atoms with Crippen LogP contribution < -0.4 is 10.6 Å². The summed E-state index contributed by atoms with van der Waals surface area (Å²) in [7, 11) is -5.42. The molecule has 0 aliphatic heterocycles. The zero-order valence-corrected chi connectivity index (χ0v) is 26.7. The van der Waals surface area contributed by atoms with Crippen molar-refractivity contribution in [2.75, 3.05) is 0 Å². The lowest BCUT2D eigenvalue weighted by Crippen LogP contribution is -2.78. The number of hydrogen-bond acceptors (Lipinski definition) is 0. The van der Waals surface area contributed by atoms with Gasteiger partial charge in [0, 0.05) is 7.92 Å². The number of alkyl halides is 31. The quantitative estimate of drug-likeness (QED) is 0.139. The molecule has 58 heavy (non-hydrogen) atoms. The summed E-state index contributed by atoms with van der Waals surface area (Å²) in [6.45, 7) is 0. The SMILES string of the molecule is FC(F)(F)c1ccc(P(c2ccc(C(F)(F)F)cc2)C(F)(F)C(F)(F)C(F)(F)C(F)(F)C(F)(F)C(F)(F)C(F)(F)C(F)(F)C(F)(F)C(F)(F)C(F)(F)C(F)(F)F)cc1. The van der Waals surface area contributed by atoms with E-state index in [1.807, 2.05) is 0 Å². The Bertz CT molecular complexity index is 1700. The average molecular weight is 940 g/mol. The van der Waals surface area contributed by atoms with Crippen molar-refractivity contribution in [3.05, 3.63) is 59.7 Å². The second-order valence-electron chi connectivity index (χ2n) is 11.2. The van der Waals surface area contributed by atoms with Gasteiger partial charge in [0.1, 0.15) is 0 Å². The predicted molar refractivity (Wildman–Crippen MR) is 130 cm³/mol. The van der Waals surface area contributed by atoms with Crippen LogP contribution in [0.5, 0.6) is 0 Å². The van der Waals surface area contributed by atoms with E-state index in [4.69, 9.17) is 0 Å². The summed E-state index contributed by atoms with van der Waals surface area (Å²) >= 11 is 0. The minimum atomic E-state index is -9.83. The average Bonchev–Trinajstić information content (AvgIpc) is 3.02. The topological polar surface area (TPSA) is 0 Å². The zero-order valence-electron chi connectivity index (χ0n) is 25.8. The van der Waals surface area contributed by atoms with Crippen molar-refractivity contribution in [1.29, 1.82) is 0 Å². The lowest BCUT2D eigenvalue weighted by Gasteiger charge is -2.46. The van der Waals surface area contributed by atoms with Crippen LogP contribution >= 0.6 is 7.92 Å². The Kier molecular flexibility index (Phi) is 12.2. The number of benzene rings is 2. The van der Waals surface area contributed by atoms with Crippen LogP contribution in [-0.4, -0.2) is 71.1 Å². The molecule has 2 aromatic rings. The maximum absolute atomic E-state index is 15.5. The summed E-state index contributed by atoms with van der Waals surface area (Å²) < 4.78 is 427. The van der Waals surface area contributed by atoms with Gasteiger partial charge in [-0.2, -0.15) is 136 Å². The van der Waals surface area contributed by atoms with E-state index < -0.39 is 162 Å². The summed E-state index contributed by atoms with van der Waals surface area (Å²) in [5.41, 5.74) is -11.4. The van der Waals surface area contributed by atoms with Crippen LogP contribution in [0.2, 0.25) is 0 Å². The van der Waals surface area contributed by atoms with Crippen molar-refractivity contribution in [1.82, 2.24) is 0 Å². The normalized spacial score (nSPS) is 16.0. The van der Waals surface area contributed by atoms with Crippen molar-refractivity contribution in [2.45, 2.75) is 83.4 Å². The second kappa shape index (κ2) is 13.9. The third-order valence-corrected chi connectivity index (χ3v) is 9.94. The van der Waals surface area contributed by atoms with Gasteiger partial charge < -0.3 is 0 Å². The molecule has 0 nitrogen and oxygen atoms in total. The summed E-state index contributed by atoms with van der Waals surface area (Å²) in [5, 5.41) is -3.93. The molecule has 2 rings (SSSR count). The molecule has 32 heteroatoms.